The van der Waals surface area contributed by atoms with Gasteiger partial charge in [-0.3, -0.25) is 4.90 Å². The number of likely N-dealkylation sites (tertiary alicyclic amines) is 1. The molecule has 3 aliphatic heterocycles. The van der Waals surface area contributed by atoms with Gasteiger partial charge in [0.1, 0.15) is 10.6 Å². The summed E-state index contributed by atoms with van der Waals surface area (Å²) in [6.07, 6.45) is 0.133. The first kappa shape index (κ1) is 22.0. The lowest BCUT2D eigenvalue weighted by atomic mass is 9.78. The standard InChI is InChI=1S/C20H28F3N3O3S/c1-15-17(2-3-18(24-15)20(21,22)23)30(27,28)26-10-7-19(8-11-26)6-9-25(14-19)16-4-12-29-13-5-16/h2-3,16H,4-14H2,1H3. The summed E-state index contributed by atoms with van der Waals surface area (Å²) in [6, 6.07) is 2.34. The number of pyridine rings is 1. The predicted molar refractivity (Wildman–Crippen MR) is 104 cm³/mol. The average Bonchev–Trinajstić information content (AvgIpc) is 3.11. The van der Waals surface area contributed by atoms with Gasteiger partial charge in [0.25, 0.3) is 0 Å². The second kappa shape index (κ2) is 8.03. The molecule has 3 fully saturated rings. The van der Waals surface area contributed by atoms with E-state index < -0.39 is 21.9 Å². The number of halogens is 3. The minimum absolute atomic E-state index is 0.114. The first-order chi connectivity index (χ1) is 14.1. The first-order valence-electron chi connectivity index (χ1n) is 10.5. The number of aryl methyl sites for hydroxylation is 1. The summed E-state index contributed by atoms with van der Waals surface area (Å²) in [5, 5.41) is 0. The zero-order valence-corrected chi connectivity index (χ0v) is 17.9. The van der Waals surface area contributed by atoms with Crippen molar-refractivity contribution < 1.29 is 26.3 Å². The summed E-state index contributed by atoms with van der Waals surface area (Å²) in [5.41, 5.74) is -1.05. The van der Waals surface area contributed by atoms with E-state index in [0.717, 1.165) is 70.5 Å². The fourth-order valence-corrected chi connectivity index (χ4v) is 6.66. The van der Waals surface area contributed by atoms with E-state index in [9.17, 15) is 21.6 Å². The lowest BCUT2D eigenvalue weighted by Gasteiger charge is -2.40. The Labute approximate surface area is 175 Å². The minimum Gasteiger partial charge on any atom is -0.381 e. The van der Waals surface area contributed by atoms with Crippen LogP contribution in [0.1, 0.15) is 43.5 Å². The zero-order chi connectivity index (χ0) is 21.6. The van der Waals surface area contributed by atoms with Gasteiger partial charge in [0, 0.05) is 38.9 Å². The molecule has 0 saturated carbocycles. The van der Waals surface area contributed by atoms with Crippen molar-refractivity contribution in [3.05, 3.63) is 23.5 Å². The van der Waals surface area contributed by atoms with Gasteiger partial charge in [0.2, 0.25) is 10.0 Å². The average molecular weight is 448 g/mol. The Morgan fingerprint density at radius 3 is 2.33 bits per heavy atom. The maximum Gasteiger partial charge on any atom is 0.433 e. The number of piperidine rings is 1. The SMILES string of the molecule is Cc1nc(C(F)(F)F)ccc1S(=O)(=O)N1CCC2(CCN(C3CCOCC3)C2)CC1. The molecule has 0 radical (unpaired) electrons. The Balaban J connectivity index is 1.42. The molecule has 0 atom stereocenters. The molecule has 1 spiro atoms. The van der Waals surface area contributed by atoms with E-state index in [1.807, 2.05) is 0 Å². The normalized spacial score (nSPS) is 24.5. The van der Waals surface area contributed by atoms with Gasteiger partial charge in [-0.15, -0.1) is 0 Å². The van der Waals surface area contributed by atoms with Gasteiger partial charge in [0.05, 0.1) is 5.69 Å². The topological polar surface area (TPSA) is 62.7 Å². The van der Waals surface area contributed by atoms with Crippen molar-refractivity contribution in [2.75, 3.05) is 39.4 Å². The highest BCUT2D eigenvalue weighted by atomic mass is 32.2. The highest BCUT2D eigenvalue weighted by Gasteiger charge is 2.45. The summed E-state index contributed by atoms with van der Waals surface area (Å²) in [4.78, 5) is 5.89. The fraction of sp³-hybridized carbons (Fsp3) is 0.750. The van der Waals surface area contributed by atoms with E-state index in [1.54, 1.807) is 0 Å². The second-order valence-electron chi connectivity index (χ2n) is 8.75. The Kier molecular flexibility index (Phi) is 5.89. The maximum atomic E-state index is 13.1. The van der Waals surface area contributed by atoms with Gasteiger partial charge < -0.3 is 4.74 Å². The molecule has 0 aromatic carbocycles. The highest BCUT2D eigenvalue weighted by Crippen LogP contribution is 2.43. The van der Waals surface area contributed by atoms with Crippen LogP contribution < -0.4 is 0 Å². The van der Waals surface area contributed by atoms with E-state index in [2.05, 4.69) is 9.88 Å². The van der Waals surface area contributed by atoms with Gasteiger partial charge >= 0.3 is 6.18 Å². The molecule has 168 valence electrons. The number of aromatic nitrogens is 1. The van der Waals surface area contributed by atoms with Gasteiger partial charge in [-0.05, 0) is 63.1 Å². The molecule has 3 saturated heterocycles. The summed E-state index contributed by atoms with van der Waals surface area (Å²) in [5.74, 6) is 0. The highest BCUT2D eigenvalue weighted by molar-refractivity contribution is 7.89. The summed E-state index contributed by atoms with van der Waals surface area (Å²) in [6.45, 7) is 5.75. The number of alkyl halides is 3. The number of hydrogen-bond acceptors (Lipinski definition) is 5. The molecule has 0 unspecified atom stereocenters. The number of hydrogen-bond donors (Lipinski definition) is 0. The number of ether oxygens (including phenoxy) is 1. The molecule has 3 aliphatic rings. The Morgan fingerprint density at radius 2 is 1.73 bits per heavy atom. The maximum absolute atomic E-state index is 13.1. The van der Waals surface area contributed by atoms with Crippen LogP contribution in [0.25, 0.3) is 0 Å². The largest absolute Gasteiger partial charge is 0.433 e. The number of rotatable bonds is 3. The van der Waals surface area contributed by atoms with E-state index in [1.165, 1.54) is 11.2 Å². The van der Waals surface area contributed by atoms with Crippen molar-refractivity contribution in [2.24, 2.45) is 5.41 Å². The van der Waals surface area contributed by atoms with Crippen molar-refractivity contribution in [2.45, 2.75) is 56.1 Å². The van der Waals surface area contributed by atoms with Crippen LogP contribution in [0.4, 0.5) is 13.2 Å². The molecule has 0 bridgehead atoms. The number of nitrogens with zero attached hydrogens (tertiary/aromatic N) is 3. The number of sulfonamides is 1. The van der Waals surface area contributed by atoms with Crippen LogP contribution in [0.5, 0.6) is 0 Å². The first-order valence-corrected chi connectivity index (χ1v) is 11.9. The lowest BCUT2D eigenvalue weighted by Crippen LogP contribution is -2.45. The van der Waals surface area contributed by atoms with Crippen molar-refractivity contribution >= 4 is 10.0 Å². The zero-order valence-electron chi connectivity index (χ0n) is 17.1. The van der Waals surface area contributed by atoms with E-state index >= 15 is 0 Å². The van der Waals surface area contributed by atoms with Crippen LogP contribution >= 0.6 is 0 Å². The third kappa shape index (κ3) is 4.24. The van der Waals surface area contributed by atoms with Gasteiger partial charge in [-0.25, -0.2) is 13.4 Å². The fourth-order valence-electron chi connectivity index (χ4n) is 5.06. The van der Waals surface area contributed by atoms with E-state index in [0.29, 0.717) is 19.1 Å². The molecule has 0 N–H and O–H groups in total. The molecule has 0 amide bonds. The molecule has 1 aromatic heterocycles. The minimum atomic E-state index is -4.59. The molecule has 30 heavy (non-hydrogen) atoms. The van der Waals surface area contributed by atoms with Crippen molar-refractivity contribution in [3.8, 4) is 0 Å². The van der Waals surface area contributed by atoms with Crippen molar-refractivity contribution in [3.63, 3.8) is 0 Å². The molecule has 4 rings (SSSR count). The summed E-state index contributed by atoms with van der Waals surface area (Å²) >= 11 is 0. The molecular weight excluding hydrogens is 419 g/mol. The van der Waals surface area contributed by atoms with Gasteiger partial charge in [0.15, 0.2) is 0 Å². The van der Waals surface area contributed by atoms with Crippen LogP contribution in [0.15, 0.2) is 17.0 Å². The quantitative estimate of drug-likeness (QED) is 0.713. The Bertz CT molecular complexity index is 877. The van der Waals surface area contributed by atoms with Crippen LogP contribution in [-0.4, -0.2) is 68.0 Å². The van der Waals surface area contributed by atoms with Crippen LogP contribution in [0.2, 0.25) is 0 Å². The molecule has 1 aromatic rings. The molecule has 10 heteroatoms. The Hall–Kier alpha value is -1.23. The third-order valence-electron chi connectivity index (χ3n) is 6.90. The van der Waals surface area contributed by atoms with Crippen molar-refractivity contribution in [1.82, 2.24) is 14.2 Å². The van der Waals surface area contributed by atoms with Crippen molar-refractivity contribution in [1.29, 1.82) is 0 Å². The van der Waals surface area contributed by atoms with Gasteiger partial charge in [-0.2, -0.15) is 17.5 Å². The van der Waals surface area contributed by atoms with Crippen LogP contribution in [0, 0.1) is 12.3 Å². The monoisotopic (exact) mass is 447 g/mol. The van der Waals surface area contributed by atoms with Crippen LogP contribution in [-0.2, 0) is 20.9 Å². The molecule has 0 aliphatic carbocycles. The van der Waals surface area contributed by atoms with E-state index in [-0.39, 0.29) is 16.0 Å². The molecule has 6 nitrogen and oxygen atoms in total. The second-order valence-corrected chi connectivity index (χ2v) is 10.7. The van der Waals surface area contributed by atoms with Gasteiger partial charge in [-0.1, -0.05) is 0 Å². The Morgan fingerprint density at radius 1 is 1.10 bits per heavy atom. The summed E-state index contributed by atoms with van der Waals surface area (Å²) in [7, 11) is -3.86. The summed E-state index contributed by atoms with van der Waals surface area (Å²) < 4.78 is 71.6. The van der Waals surface area contributed by atoms with Crippen LogP contribution in [0.3, 0.4) is 0 Å². The third-order valence-corrected chi connectivity index (χ3v) is 8.94. The lowest BCUT2D eigenvalue weighted by molar-refractivity contribution is -0.141. The van der Waals surface area contributed by atoms with E-state index in [4.69, 9.17) is 4.74 Å². The molecular formula is C20H28F3N3O3S. The molecule has 4 heterocycles. The smallest absolute Gasteiger partial charge is 0.381 e. The predicted octanol–water partition coefficient (Wildman–Crippen LogP) is 3.06.